The van der Waals surface area contributed by atoms with Crippen molar-refractivity contribution in [3.8, 4) is 0 Å². The number of piperidine rings is 2. The number of benzene rings is 2. The number of hydrogen-bond donors (Lipinski definition) is 0. The molecule has 2 aromatic carbocycles. The van der Waals surface area contributed by atoms with E-state index in [1.165, 1.54) is 27.7 Å². The molecule has 2 aliphatic heterocycles. The van der Waals surface area contributed by atoms with Gasteiger partial charge in [0.1, 0.15) is 0 Å². The monoisotopic (exact) mass is 443 g/mol. The van der Waals surface area contributed by atoms with Crippen molar-refractivity contribution in [3.05, 3.63) is 71.4 Å². The lowest BCUT2D eigenvalue weighted by Gasteiger charge is -2.36. The summed E-state index contributed by atoms with van der Waals surface area (Å²) < 4.78 is 2.49. The number of carbonyl (C=O) groups is 1. The lowest BCUT2D eigenvalue weighted by atomic mass is 9.92. The summed E-state index contributed by atoms with van der Waals surface area (Å²) in [6.45, 7) is 10.3. The van der Waals surface area contributed by atoms with Crippen LogP contribution in [0.3, 0.4) is 0 Å². The summed E-state index contributed by atoms with van der Waals surface area (Å²) in [5.41, 5.74) is 5.39. The average molecular weight is 444 g/mol. The Bertz CT molecular complexity index is 1100. The molecule has 0 spiro atoms. The zero-order valence-electron chi connectivity index (χ0n) is 20.2. The minimum atomic E-state index is 0.215. The molecule has 1 aromatic heterocycles. The molecule has 2 fully saturated rings. The van der Waals surface area contributed by atoms with Gasteiger partial charge < -0.3 is 9.47 Å². The molecule has 0 N–H and O–H groups in total. The molecule has 2 saturated heterocycles. The summed E-state index contributed by atoms with van der Waals surface area (Å²) in [5, 5.41) is 1.31. The van der Waals surface area contributed by atoms with Crippen molar-refractivity contribution in [2.75, 3.05) is 26.2 Å². The molecule has 3 heterocycles. The van der Waals surface area contributed by atoms with Crippen molar-refractivity contribution < 1.29 is 4.79 Å². The van der Waals surface area contributed by atoms with Crippen LogP contribution in [0.15, 0.2) is 54.6 Å². The number of aromatic nitrogens is 1. The van der Waals surface area contributed by atoms with E-state index in [-0.39, 0.29) is 5.92 Å². The van der Waals surface area contributed by atoms with Gasteiger partial charge in [-0.3, -0.25) is 9.69 Å². The first-order chi connectivity index (χ1) is 16.1. The summed E-state index contributed by atoms with van der Waals surface area (Å²) in [6.07, 6.45) is 4.30. The fraction of sp³-hybridized carbons (Fsp3) is 0.483. The summed E-state index contributed by atoms with van der Waals surface area (Å²) in [7, 11) is 0. The third kappa shape index (κ3) is 4.86. The first-order valence-electron chi connectivity index (χ1n) is 12.7. The predicted molar refractivity (Wildman–Crippen MR) is 135 cm³/mol. The van der Waals surface area contributed by atoms with Gasteiger partial charge in [-0.15, -0.1) is 0 Å². The summed E-state index contributed by atoms with van der Waals surface area (Å²) >= 11 is 0. The number of hydrogen-bond acceptors (Lipinski definition) is 2. The SMILES string of the molecule is Cc1ccccc1Cn1c(CN2CCC(C(=O)N3CCC(C)CC3)CC2)cc2ccccc21. The van der Waals surface area contributed by atoms with Gasteiger partial charge in [-0.05, 0) is 80.3 Å². The minimum absolute atomic E-state index is 0.215. The number of nitrogens with zero attached hydrogens (tertiary/aromatic N) is 3. The average Bonchev–Trinajstić information content (AvgIpc) is 3.18. The maximum atomic E-state index is 13.0. The Balaban J connectivity index is 1.27. The van der Waals surface area contributed by atoms with Crippen LogP contribution in [0.1, 0.15) is 49.4 Å². The molecule has 5 rings (SSSR count). The Morgan fingerprint density at radius 2 is 1.58 bits per heavy atom. The lowest BCUT2D eigenvalue weighted by molar-refractivity contribution is -0.138. The molecule has 0 atom stereocenters. The van der Waals surface area contributed by atoms with Crippen LogP contribution < -0.4 is 0 Å². The Morgan fingerprint density at radius 3 is 2.33 bits per heavy atom. The highest BCUT2D eigenvalue weighted by Gasteiger charge is 2.30. The molecule has 33 heavy (non-hydrogen) atoms. The van der Waals surface area contributed by atoms with E-state index in [4.69, 9.17) is 0 Å². The fourth-order valence-corrected chi connectivity index (χ4v) is 5.60. The molecular weight excluding hydrogens is 406 g/mol. The van der Waals surface area contributed by atoms with Crippen LogP contribution in [-0.4, -0.2) is 46.5 Å². The van der Waals surface area contributed by atoms with E-state index < -0.39 is 0 Å². The van der Waals surface area contributed by atoms with Gasteiger partial charge >= 0.3 is 0 Å². The van der Waals surface area contributed by atoms with Gasteiger partial charge in [-0.2, -0.15) is 0 Å². The molecule has 3 aromatic rings. The second-order valence-electron chi connectivity index (χ2n) is 10.3. The van der Waals surface area contributed by atoms with E-state index in [1.54, 1.807) is 0 Å². The van der Waals surface area contributed by atoms with E-state index >= 15 is 0 Å². The van der Waals surface area contributed by atoms with Crippen molar-refractivity contribution in [1.82, 2.24) is 14.4 Å². The van der Waals surface area contributed by atoms with E-state index in [0.29, 0.717) is 5.91 Å². The molecule has 0 radical (unpaired) electrons. The molecule has 0 aliphatic carbocycles. The van der Waals surface area contributed by atoms with Crippen LogP contribution in [0, 0.1) is 18.8 Å². The van der Waals surface area contributed by atoms with Crippen LogP contribution in [0.5, 0.6) is 0 Å². The number of para-hydroxylation sites is 1. The van der Waals surface area contributed by atoms with Gasteiger partial charge in [0, 0.05) is 43.3 Å². The van der Waals surface area contributed by atoms with Gasteiger partial charge in [0.25, 0.3) is 0 Å². The van der Waals surface area contributed by atoms with Gasteiger partial charge in [-0.1, -0.05) is 49.4 Å². The molecule has 1 amide bonds. The highest BCUT2D eigenvalue weighted by molar-refractivity contribution is 5.81. The van der Waals surface area contributed by atoms with Gasteiger partial charge in [0.05, 0.1) is 0 Å². The quantitative estimate of drug-likeness (QED) is 0.523. The number of amides is 1. The zero-order valence-corrected chi connectivity index (χ0v) is 20.2. The van der Waals surface area contributed by atoms with E-state index in [9.17, 15) is 4.79 Å². The van der Waals surface area contributed by atoms with Crippen molar-refractivity contribution in [3.63, 3.8) is 0 Å². The van der Waals surface area contributed by atoms with E-state index in [0.717, 1.165) is 70.9 Å². The summed E-state index contributed by atoms with van der Waals surface area (Å²) in [6, 6.07) is 19.8. The molecule has 4 nitrogen and oxygen atoms in total. The molecule has 4 heteroatoms. The van der Waals surface area contributed by atoms with Crippen molar-refractivity contribution >= 4 is 16.8 Å². The van der Waals surface area contributed by atoms with Crippen LogP contribution in [-0.2, 0) is 17.9 Å². The third-order valence-electron chi connectivity index (χ3n) is 7.90. The van der Waals surface area contributed by atoms with Crippen LogP contribution in [0.25, 0.3) is 10.9 Å². The normalized spacial score (nSPS) is 18.8. The maximum Gasteiger partial charge on any atom is 0.225 e. The predicted octanol–water partition coefficient (Wildman–Crippen LogP) is 5.47. The van der Waals surface area contributed by atoms with Crippen molar-refractivity contribution in [1.29, 1.82) is 0 Å². The van der Waals surface area contributed by atoms with Crippen molar-refractivity contribution in [2.45, 2.75) is 52.6 Å². The molecule has 0 bridgehead atoms. The smallest absolute Gasteiger partial charge is 0.225 e. The first-order valence-corrected chi connectivity index (χ1v) is 12.7. The largest absolute Gasteiger partial charge is 0.342 e. The highest BCUT2D eigenvalue weighted by atomic mass is 16.2. The standard InChI is InChI=1S/C29H37N3O/c1-22-11-17-31(18-12-22)29(33)24-13-15-30(16-14-24)21-27-19-25-8-5-6-10-28(25)32(27)20-26-9-4-3-7-23(26)2/h3-10,19,22,24H,11-18,20-21H2,1-2H3. The van der Waals surface area contributed by atoms with Gasteiger partial charge in [0.2, 0.25) is 5.91 Å². The second-order valence-corrected chi connectivity index (χ2v) is 10.3. The lowest BCUT2D eigenvalue weighted by Crippen LogP contribution is -2.45. The van der Waals surface area contributed by atoms with Crippen LogP contribution in [0.2, 0.25) is 0 Å². The molecule has 174 valence electrons. The highest BCUT2D eigenvalue weighted by Crippen LogP contribution is 2.27. The Hall–Kier alpha value is -2.59. The first kappa shape index (κ1) is 22.2. The van der Waals surface area contributed by atoms with E-state index in [1.807, 2.05) is 0 Å². The maximum absolute atomic E-state index is 13.0. The number of rotatable bonds is 5. The second kappa shape index (κ2) is 9.72. The Kier molecular flexibility index (Phi) is 6.55. The number of aryl methyl sites for hydroxylation is 1. The Morgan fingerprint density at radius 1 is 0.879 bits per heavy atom. The summed E-state index contributed by atoms with van der Waals surface area (Å²) in [5.74, 6) is 1.39. The summed E-state index contributed by atoms with van der Waals surface area (Å²) in [4.78, 5) is 17.7. The number of carbonyl (C=O) groups excluding carboxylic acids is 1. The number of fused-ring (bicyclic) bond motifs is 1. The van der Waals surface area contributed by atoms with Gasteiger partial charge in [0.15, 0.2) is 0 Å². The molecule has 2 aliphatic rings. The zero-order chi connectivity index (χ0) is 22.8. The van der Waals surface area contributed by atoms with Crippen molar-refractivity contribution in [2.24, 2.45) is 11.8 Å². The minimum Gasteiger partial charge on any atom is -0.342 e. The molecular formula is C29H37N3O. The topological polar surface area (TPSA) is 28.5 Å². The number of likely N-dealkylation sites (tertiary alicyclic amines) is 2. The van der Waals surface area contributed by atoms with Crippen LogP contribution in [0.4, 0.5) is 0 Å². The van der Waals surface area contributed by atoms with E-state index in [2.05, 4.69) is 82.8 Å². The molecule has 0 saturated carbocycles. The fourth-order valence-electron chi connectivity index (χ4n) is 5.60. The van der Waals surface area contributed by atoms with Crippen LogP contribution >= 0.6 is 0 Å². The molecule has 0 unspecified atom stereocenters. The third-order valence-corrected chi connectivity index (χ3v) is 7.90. The van der Waals surface area contributed by atoms with Gasteiger partial charge in [-0.25, -0.2) is 0 Å². The Labute approximate surface area is 198 Å².